The van der Waals surface area contributed by atoms with Gasteiger partial charge in [0.05, 0.1) is 27.8 Å². The molecule has 0 bridgehead atoms. The average Bonchev–Trinajstić information content (AvgIpc) is 3.54. The molecule has 240 valence electrons. The van der Waals surface area contributed by atoms with Crippen LogP contribution in [0.25, 0.3) is 0 Å². The lowest BCUT2D eigenvalue weighted by Gasteiger charge is -2.23. The van der Waals surface area contributed by atoms with Crippen LogP contribution in [-0.4, -0.2) is 35.0 Å². The smallest absolute Gasteiger partial charge is 0.326 e. The van der Waals surface area contributed by atoms with Crippen LogP contribution in [0.5, 0.6) is 0 Å². The zero-order valence-electron chi connectivity index (χ0n) is 22.4. The quantitative estimate of drug-likeness (QED) is 0.184. The van der Waals surface area contributed by atoms with E-state index < -0.39 is 87.4 Å². The first kappa shape index (κ1) is 34.3. The van der Waals surface area contributed by atoms with Crippen molar-refractivity contribution in [2.24, 2.45) is 5.92 Å². The average molecular weight is 703 g/mol. The number of nitrogens with zero attached hydrogens (tertiary/aromatic N) is 1. The van der Waals surface area contributed by atoms with Crippen LogP contribution in [0, 0.1) is 23.4 Å². The Hall–Kier alpha value is -3.62. The molecule has 2 N–H and O–H groups in total. The van der Waals surface area contributed by atoms with Crippen molar-refractivity contribution in [1.29, 1.82) is 0 Å². The highest BCUT2D eigenvalue weighted by Crippen LogP contribution is 2.65. The van der Waals surface area contributed by atoms with Gasteiger partial charge in [0.2, 0.25) is 5.91 Å². The number of anilines is 3. The fourth-order valence-corrected chi connectivity index (χ4v) is 5.67. The Morgan fingerprint density at radius 2 is 1.60 bits per heavy atom. The Bertz CT molecular complexity index is 1690. The highest BCUT2D eigenvalue weighted by atomic mass is 35.5. The number of hydrogen-bond acceptors (Lipinski definition) is 3. The molecule has 3 aromatic rings. The van der Waals surface area contributed by atoms with E-state index in [2.05, 4.69) is 10.6 Å². The van der Waals surface area contributed by atoms with Gasteiger partial charge in [-0.05, 0) is 55.0 Å². The predicted molar refractivity (Wildman–Crippen MR) is 150 cm³/mol. The van der Waals surface area contributed by atoms with E-state index in [4.69, 9.17) is 34.8 Å². The van der Waals surface area contributed by atoms with Crippen LogP contribution in [-0.2, 0) is 15.8 Å². The van der Waals surface area contributed by atoms with Gasteiger partial charge in [-0.25, -0.2) is 13.2 Å². The fourth-order valence-electron chi connectivity index (χ4n) is 4.63. The zero-order valence-corrected chi connectivity index (χ0v) is 24.7. The Morgan fingerprint density at radius 3 is 2.20 bits per heavy atom. The van der Waals surface area contributed by atoms with Gasteiger partial charge < -0.3 is 15.5 Å². The molecule has 17 heteroatoms. The molecule has 1 aliphatic rings. The topological polar surface area (TPSA) is 78.5 Å². The minimum atomic E-state index is -5.02. The van der Waals surface area contributed by atoms with Crippen molar-refractivity contribution >= 4 is 69.6 Å². The monoisotopic (exact) mass is 701 g/mol. The van der Waals surface area contributed by atoms with Crippen LogP contribution in [0.3, 0.4) is 0 Å². The molecular formula is C28H18Cl3F8N3O3. The Balaban J connectivity index is 1.55. The van der Waals surface area contributed by atoms with Crippen molar-refractivity contribution in [1.82, 2.24) is 0 Å². The third-order valence-corrected chi connectivity index (χ3v) is 8.09. The van der Waals surface area contributed by atoms with Crippen molar-refractivity contribution < 1.29 is 49.5 Å². The van der Waals surface area contributed by atoms with Crippen LogP contribution < -0.4 is 15.5 Å². The standard InChI is InChI=1S/C28H18Cl3F8N3O3/c1-2-42(26(45)23(35)36)22-17(33)7-8-18(21(22)34)41-24(43)13-10-12(4-5-15(13)29)40-25(44)20-19(27(20,30)31)11-3-6-16(32)14(9-11)28(37,38)39/h3-10,19-20,23H,2H2,1H3,(H,40,44)(H,41,43)/t19-,20+/m0/s1. The molecule has 3 amide bonds. The van der Waals surface area contributed by atoms with Crippen LogP contribution in [0.15, 0.2) is 48.5 Å². The van der Waals surface area contributed by atoms with Crippen LogP contribution in [0.2, 0.25) is 5.02 Å². The summed E-state index contributed by atoms with van der Waals surface area (Å²) in [5, 5.41) is 4.27. The molecule has 0 aromatic heterocycles. The zero-order chi connectivity index (χ0) is 33.6. The summed E-state index contributed by atoms with van der Waals surface area (Å²) in [4.78, 5) is 38.0. The first-order valence-corrected chi connectivity index (χ1v) is 13.8. The Labute approximate surface area is 264 Å². The van der Waals surface area contributed by atoms with Crippen LogP contribution >= 0.6 is 34.8 Å². The molecule has 0 unspecified atom stereocenters. The van der Waals surface area contributed by atoms with E-state index in [1.54, 1.807) is 0 Å². The van der Waals surface area contributed by atoms with E-state index in [0.717, 1.165) is 24.3 Å². The molecule has 45 heavy (non-hydrogen) atoms. The number of nitrogens with one attached hydrogen (secondary N) is 2. The summed E-state index contributed by atoms with van der Waals surface area (Å²) >= 11 is 18.5. The van der Waals surface area contributed by atoms with Crippen LogP contribution in [0.4, 0.5) is 52.2 Å². The maximum Gasteiger partial charge on any atom is 0.419 e. The van der Waals surface area contributed by atoms with E-state index in [1.807, 2.05) is 0 Å². The molecule has 1 fully saturated rings. The van der Waals surface area contributed by atoms with Gasteiger partial charge in [0.15, 0.2) is 5.82 Å². The summed E-state index contributed by atoms with van der Waals surface area (Å²) in [7, 11) is 0. The SMILES string of the molecule is CCN(C(=O)C(F)F)c1c(F)ccc(NC(=O)c2cc(NC(=O)[C@H]3[C@H](c4ccc(F)c(C(F)(F)F)c4)C3(Cl)Cl)ccc2Cl)c1F. The Kier molecular flexibility index (Phi) is 9.62. The van der Waals surface area contributed by atoms with Gasteiger partial charge in [-0.3, -0.25) is 14.4 Å². The van der Waals surface area contributed by atoms with E-state index in [1.165, 1.54) is 13.0 Å². The van der Waals surface area contributed by atoms with Gasteiger partial charge in [0, 0.05) is 18.2 Å². The van der Waals surface area contributed by atoms with E-state index in [0.29, 0.717) is 18.2 Å². The highest BCUT2D eigenvalue weighted by Gasteiger charge is 2.67. The molecule has 4 rings (SSSR count). The third-order valence-electron chi connectivity index (χ3n) is 6.82. The van der Waals surface area contributed by atoms with Gasteiger partial charge >= 0.3 is 12.6 Å². The minimum absolute atomic E-state index is 0.0839. The van der Waals surface area contributed by atoms with Gasteiger partial charge in [0.1, 0.15) is 21.7 Å². The van der Waals surface area contributed by atoms with Crippen LogP contribution in [0.1, 0.15) is 34.3 Å². The van der Waals surface area contributed by atoms with Gasteiger partial charge in [0.25, 0.3) is 11.8 Å². The molecule has 1 aliphatic carbocycles. The van der Waals surface area contributed by atoms with Gasteiger partial charge in [-0.15, -0.1) is 23.2 Å². The number of amides is 3. The number of rotatable bonds is 8. The van der Waals surface area contributed by atoms with E-state index in [9.17, 15) is 45.1 Å². The van der Waals surface area contributed by atoms with Crippen molar-refractivity contribution in [2.45, 2.75) is 29.8 Å². The van der Waals surface area contributed by atoms with E-state index in [-0.39, 0.29) is 26.7 Å². The molecule has 1 saturated carbocycles. The molecule has 0 spiro atoms. The number of halogens is 11. The molecular weight excluding hydrogens is 685 g/mol. The number of carbonyl (C=O) groups excluding carboxylic acids is 3. The van der Waals surface area contributed by atoms with Crippen molar-refractivity contribution in [3.8, 4) is 0 Å². The maximum absolute atomic E-state index is 15.2. The summed E-state index contributed by atoms with van der Waals surface area (Å²) in [6.07, 6.45) is -8.59. The molecule has 0 saturated heterocycles. The third kappa shape index (κ3) is 6.82. The number of benzene rings is 3. The van der Waals surface area contributed by atoms with Crippen molar-refractivity contribution in [3.05, 3.63) is 87.7 Å². The summed E-state index contributed by atoms with van der Waals surface area (Å²) in [6.45, 7) is 0.673. The Morgan fingerprint density at radius 1 is 0.956 bits per heavy atom. The minimum Gasteiger partial charge on any atom is -0.326 e. The van der Waals surface area contributed by atoms with E-state index >= 15 is 4.39 Å². The van der Waals surface area contributed by atoms with Gasteiger partial charge in [-0.1, -0.05) is 17.7 Å². The lowest BCUT2D eigenvalue weighted by atomic mass is 10.0. The summed E-state index contributed by atoms with van der Waals surface area (Å²) < 4.78 is 107. The molecule has 0 heterocycles. The summed E-state index contributed by atoms with van der Waals surface area (Å²) in [5.74, 6) is -10.7. The predicted octanol–water partition coefficient (Wildman–Crippen LogP) is 8.17. The van der Waals surface area contributed by atoms with Gasteiger partial charge in [-0.2, -0.15) is 22.0 Å². The van der Waals surface area contributed by atoms with Crippen molar-refractivity contribution in [2.75, 3.05) is 22.1 Å². The maximum atomic E-state index is 15.2. The number of alkyl halides is 7. The second kappa shape index (κ2) is 12.6. The van der Waals surface area contributed by atoms with Crippen molar-refractivity contribution in [3.63, 3.8) is 0 Å². The lowest BCUT2D eigenvalue weighted by molar-refractivity contribution is -0.140. The second-order valence-corrected chi connectivity index (χ2v) is 11.5. The number of carbonyl (C=O) groups is 3. The first-order chi connectivity index (χ1) is 20.9. The fraction of sp³-hybridized carbons (Fsp3) is 0.250. The largest absolute Gasteiger partial charge is 0.419 e. The summed E-state index contributed by atoms with van der Waals surface area (Å²) in [6, 6.07) is 6.94. The molecule has 3 aromatic carbocycles. The second-order valence-electron chi connectivity index (χ2n) is 9.65. The first-order valence-electron chi connectivity index (χ1n) is 12.6. The lowest BCUT2D eigenvalue weighted by Crippen LogP contribution is -2.37. The number of hydrogen-bond donors (Lipinski definition) is 2. The molecule has 2 atom stereocenters. The molecule has 0 aliphatic heterocycles. The summed E-state index contributed by atoms with van der Waals surface area (Å²) in [5.41, 5.74) is -3.99. The molecule has 0 radical (unpaired) electrons. The normalized spacial score (nSPS) is 17.2. The molecule has 6 nitrogen and oxygen atoms in total. The highest BCUT2D eigenvalue weighted by molar-refractivity contribution is 6.53.